The molecule has 2 heterocycles. The Bertz CT molecular complexity index is 1140. The van der Waals surface area contributed by atoms with Crippen LogP contribution in [0.5, 0.6) is 0 Å². The van der Waals surface area contributed by atoms with Gasteiger partial charge in [0.05, 0.1) is 18.9 Å². The van der Waals surface area contributed by atoms with E-state index in [9.17, 15) is 13.2 Å². The third kappa shape index (κ3) is 4.54. The SMILES string of the molecule is CS(=O)(=O)C1(c2cc(N3CCOCC3)nc(-c3ccc(NC(=O)NC4CC4)cc3)n2)CCC1. The number of rotatable bonds is 6. The smallest absolute Gasteiger partial charge is 0.319 e. The molecule has 1 aromatic carbocycles. The van der Waals surface area contributed by atoms with Crippen LogP contribution in [0.1, 0.15) is 37.8 Å². The number of carbonyl (C=O) groups is 1. The van der Waals surface area contributed by atoms with Crippen molar-refractivity contribution < 1.29 is 17.9 Å². The van der Waals surface area contributed by atoms with Crippen molar-refractivity contribution in [2.24, 2.45) is 0 Å². The highest BCUT2D eigenvalue weighted by Gasteiger charge is 2.49. The molecule has 2 aliphatic carbocycles. The number of urea groups is 1. The van der Waals surface area contributed by atoms with Crippen LogP contribution in [0.3, 0.4) is 0 Å². The van der Waals surface area contributed by atoms with E-state index in [-0.39, 0.29) is 12.1 Å². The normalized spacial score (nSPS) is 20.1. The first kappa shape index (κ1) is 22.1. The number of anilines is 2. The predicted octanol–water partition coefficient (Wildman–Crippen LogP) is 2.69. The number of carbonyl (C=O) groups excluding carboxylic acids is 1. The fraction of sp³-hybridized carbons (Fsp3) is 0.522. The van der Waals surface area contributed by atoms with E-state index in [1.807, 2.05) is 30.3 Å². The number of nitrogens with one attached hydrogen (secondary N) is 2. The predicted molar refractivity (Wildman–Crippen MR) is 126 cm³/mol. The topological polar surface area (TPSA) is 114 Å². The molecule has 1 saturated heterocycles. The van der Waals surface area contributed by atoms with Gasteiger partial charge in [-0.05, 0) is 56.4 Å². The van der Waals surface area contributed by atoms with E-state index in [0.717, 1.165) is 30.6 Å². The average molecular weight is 472 g/mol. The lowest BCUT2D eigenvalue weighted by Crippen LogP contribution is -2.43. The molecule has 3 aliphatic rings. The van der Waals surface area contributed by atoms with Gasteiger partial charge in [-0.25, -0.2) is 23.2 Å². The largest absolute Gasteiger partial charge is 0.378 e. The monoisotopic (exact) mass is 471 g/mol. The first-order valence-electron chi connectivity index (χ1n) is 11.4. The lowest BCUT2D eigenvalue weighted by molar-refractivity contribution is 0.122. The fourth-order valence-electron chi connectivity index (χ4n) is 4.35. The van der Waals surface area contributed by atoms with E-state index in [4.69, 9.17) is 14.7 Å². The number of nitrogens with zero attached hydrogens (tertiary/aromatic N) is 3. The minimum atomic E-state index is -3.34. The van der Waals surface area contributed by atoms with Crippen molar-refractivity contribution >= 4 is 27.4 Å². The van der Waals surface area contributed by atoms with E-state index in [1.165, 1.54) is 6.26 Å². The standard InChI is InChI=1S/C23H29N5O4S/c1-33(30,31)23(9-2-10-23)19-15-20(28-11-13-32-14-12-28)27-21(26-19)16-3-5-17(6-4-16)24-22(29)25-18-7-8-18/h3-6,15,18H,2,7-14H2,1H3,(H2,24,25,29). The molecule has 2 saturated carbocycles. The van der Waals surface area contributed by atoms with Crippen molar-refractivity contribution in [1.82, 2.24) is 15.3 Å². The summed E-state index contributed by atoms with van der Waals surface area (Å²) >= 11 is 0. The molecule has 0 bridgehead atoms. The lowest BCUT2D eigenvalue weighted by Gasteiger charge is -2.40. The maximum Gasteiger partial charge on any atom is 0.319 e. The Hall–Kier alpha value is -2.72. The van der Waals surface area contributed by atoms with Crippen LogP contribution >= 0.6 is 0 Å². The summed E-state index contributed by atoms with van der Waals surface area (Å²) < 4.78 is 30.0. The summed E-state index contributed by atoms with van der Waals surface area (Å²) in [6.45, 7) is 2.60. The minimum absolute atomic E-state index is 0.210. The molecule has 0 unspecified atom stereocenters. The number of ether oxygens (including phenoxy) is 1. The van der Waals surface area contributed by atoms with Crippen LogP contribution in [-0.4, -0.2) is 63.0 Å². The number of benzene rings is 1. The van der Waals surface area contributed by atoms with Crippen LogP contribution in [0.25, 0.3) is 11.4 Å². The summed E-state index contributed by atoms with van der Waals surface area (Å²) in [5.74, 6) is 1.21. The molecule has 10 heteroatoms. The maximum atomic E-state index is 12.8. The molecule has 2 N–H and O–H groups in total. The van der Waals surface area contributed by atoms with Crippen molar-refractivity contribution in [3.8, 4) is 11.4 Å². The maximum absolute atomic E-state index is 12.8. The number of sulfone groups is 1. The molecule has 33 heavy (non-hydrogen) atoms. The second-order valence-corrected chi connectivity index (χ2v) is 11.4. The summed E-state index contributed by atoms with van der Waals surface area (Å²) in [7, 11) is -3.34. The molecule has 9 nitrogen and oxygen atoms in total. The first-order valence-corrected chi connectivity index (χ1v) is 13.3. The molecule has 0 spiro atoms. The number of aromatic nitrogens is 2. The number of morpholine rings is 1. The average Bonchev–Trinajstić information content (AvgIpc) is 3.57. The highest BCUT2D eigenvalue weighted by molar-refractivity contribution is 7.91. The van der Waals surface area contributed by atoms with E-state index in [1.54, 1.807) is 0 Å². The van der Waals surface area contributed by atoms with Gasteiger partial charge in [0.25, 0.3) is 0 Å². The summed E-state index contributed by atoms with van der Waals surface area (Å²) in [6.07, 6.45) is 5.37. The van der Waals surface area contributed by atoms with Gasteiger partial charge < -0.3 is 20.3 Å². The zero-order valence-corrected chi connectivity index (χ0v) is 19.5. The highest BCUT2D eigenvalue weighted by Crippen LogP contribution is 2.48. The number of hydrogen-bond acceptors (Lipinski definition) is 7. The third-order valence-corrected chi connectivity index (χ3v) is 8.74. The molecule has 2 amide bonds. The third-order valence-electron chi connectivity index (χ3n) is 6.70. The van der Waals surface area contributed by atoms with Crippen LogP contribution in [0, 0.1) is 0 Å². The van der Waals surface area contributed by atoms with Crippen molar-refractivity contribution in [3.63, 3.8) is 0 Å². The van der Waals surface area contributed by atoms with Gasteiger partial charge >= 0.3 is 6.03 Å². The summed E-state index contributed by atoms with van der Waals surface area (Å²) in [5, 5.41) is 5.73. The van der Waals surface area contributed by atoms with Crippen LogP contribution < -0.4 is 15.5 Å². The van der Waals surface area contributed by atoms with Crippen molar-refractivity contribution in [1.29, 1.82) is 0 Å². The van der Waals surface area contributed by atoms with Gasteiger partial charge in [0, 0.05) is 42.7 Å². The van der Waals surface area contributed by atoms with Gasteiger partial charge in [0.2, 0.25) is 0 Å². The molecule has 2 aromatic rings. The van der Waals surface area contributed by atoms with Crippen molar-refractivity contribution in [2.75, 3.05) is 42.8 Å². The zero-order valence-electron chi connectivity index (χ0n) is 18.7. The van der Waals surface area contributed by atoms with Crippen LogP contribution in [0.2, 0.25) is 0 Å². The Morgan fingerprint density at radius 2 is 1.82 bits per heavy atom. The Morgan fingerprint density at radius 3 is 2.39 bits per heavy atom. The summed E-state index contributed by atoms with van der Waals surface area (Å²) in [4.78, 5) is 23.7. The number of amides is 2. The Morgan fingerprint density at radius 1 is 1.12 bits per heavy atom. The Labute approximate surface area is 193 Å². The van der Waals surface area contributed by atoms with E-state index in [0.29, 0.717) is 56.4 Å². The molecule has 176 valence electrons. The quantitative estimate of drug-likeness (QED) is 0.666. The van der Waals surface area contributed by atoms with Crippen LogP contribution in [0.15, 0.2) is 30.3 Å². The van der Waals surface area contributed by atoms with Gasteiger partial charge in [-0.1, -0.05) is 0 Å². The van der Waals surface area contributed by atoms with Crippen molar-refractivity contribution in [2.45, 2.75) is 42.9 Å². The molecule has 1 aromatic heterocycles. The van der Waals surface area contributed by atoms with Crippen molar-refractivity contribution in [3.05, 3.63) is 36.0 Å². The van der Waals surface area contributed by atoms with E-state index in [2.05, 4.69) is 15.5 Å². The van der Waals surface area contributed by atoms with Crippen LogP contribution in [0.4, 0.5) is 16.3 Å². The van der Waals surface area contributed by atoms with Crippen LogP contribution in [-0.2, 0) is 19.3 Å². The molecular weight excluding hydrogens is 442 g/mol. The second-order valence-electron chi connectivity index (χ2n) is 9.10. The van der Waals surface area contributed by atoms with Gasteiger partial charge in [0.15, 0.2) is 15.7 Å². The molecule has 0 radical (unpaired) electrons. The zero-order chi connectivity index (χ0) is 23.1. The fourth-order valence-corrected chi connectivity index (χ4v) is 5.86. The second kappa shape index (κ2) is 8.57. The molecule has 0 atom stereocenters. The summed E-state index contributed by atoms with van der Waals surface area (Å²) in [6, 6.07) is 9.23. The molecule has 5 rings (SSSR count). The van der Waals surface area contributed by atoms with Gasteiger partial charge in [-0.3, -0.25) is 0 Å². The first-order chi connectivity index (χ1) is 15.8. The van der Waals surface area contributed by atoms with Gasteiger partial charge in [0.1, 0.15) is 10.6 Å². The Kier molecular flexibility index (Phi) is 5.74. The van der Waals surface area contributed by atoms with E-state index < -0.39 is 14.6 Å². The minimum Gasteiger partial charge on any atom is -0.378 e. The molecule has 3 fully saturated rings. The highest BCUT2D eigenvalue weighted by atomic mass is 32.2. The summed E-state index contributed by atoms with van der Waals surface area (Å²) in [5.41, 5.74) is 2.00. The van der Waals surface area contributed by atoms with Gasteiger partial charge in [-0.2, -0.15) is 0 Å². The molecular formula is C23H29N5O4S. The van der Waals surface area contributed by atoms with E-state index >= 15 is 0 Å². The lowest BCUT2D eigenvalue weighted by atomic mass is 9.81. The van der Waals surface area contributed by atoms with Gasteiger partial charge in [-0.15, -0.1) is 0 Å². The molecule has 1 aliphatic heterocycles. The Balaban J connectivity index is 1.47. The number of hydrogen-bond donors (Lipinski definition) is 2.